The largest absolute Gasteiger partial charge is 0.334 e. The maximum atomic E-state index is 12.0. The number of carbonyl (C=O) groups is 1. The van der Waals surface area contributed by atoms with E-state index < -0.39 is 0 Å². The van der Waals surface area contributed by atoms with Gasteiger partial charge in [0.05, 0.1) is 26.1 Å². The molecule has 1 heterocycles. The quantitative estimate of drug-likeness (QED) is 0.867. The van der Waals surface area contributed by atoms with Crippen LogP contribution in [0.1, 0.15) is 31.7 Å². The number of benzene rings is 1. The number of aryl methyl sites for hydroxylation is 1. The summed E-state index contributed by atoms with van der Waals surface area (Å²) in [5, 5.41) is 2.99. The molecule has 0 saturated carbocycles. The summed E-state index contributed by atoms with van der Waals surface area (Å²) in [7, 11) is 0. The molecule has 4 heteroatoms. The fraction of sp³-hybridized carbons (Fsp3) is 0.562. The minimum absolute atomic E-state index is 0.123. The van der Waals surface area contributed by atoms with Gasteiger partial charge in [-0.05, 0) is 49.4 Å². The van der Waals surface area contributed by atoms with E-state index in [-0.39, 0.29) is 5.91 Å². The highest BCUT2D eigenvalue weighted by atomic mass is 79.9. The van der Waals surface area contributed by atoms with E-state index in [1.165, 1.54) is 25.9 Å². The summed E-state index contributed by atoms with van der Waals surface area (Å²) in [6.45, 7) is 7.73. The van der Waals surface area contributed by atoms with Crippen LogP contribution in [0.15, 0.2) is 22.7 Å². The van der Waals surface area contributed by atoms with Crippen LogP contribution in [-0.2, 0) is 4.79 Å². The number of hydrogen-bond acceptors (Lipinski definition) is 1. The van der Waals surface area contributed by atoms with Gasteiger partial charge < -0.3 is 10.2 Å². The number of carbonyl (C=O) groups excluding carboxylic acids is 1. The van der Waals surface area contributed by atoms with Crippen molar-refractivity contribution in [1.29, 1.82) is 0 Å². The molecule has 0 bridgehead atoms. The van der Waals surface area contributed by atoms with Crippen molar-refractivity contribution in [3.05, 3.63) is 28.2 Å². The van der Waals surface area contributed by atoms with Gasteiger partial charge in [-0.3, -0.25) is 4.79 Å². The van der Waals surface area contributed by atoms with E-state index in [0.717, 1.165) is 28.2 Å². The van der Waals surface area contributed by atoms with Gasteiger partial charge in [0.15, 0.2) is 0 Å². The second-order valence-corrected chi connectivity index (χ2v) is 6.80. The Morgan fingerprint density at radius 3 is 2.75 bits per heavy atom. The summed E-state index contributed by atoms with van der Waals surface area (Å²) in [6, 6.07) is 5.91. The molecule has 1 fully saturated rings. The van der Waals surface area contributed by atoms with Crippen LogP contribution in [0.25, 0.3) is 0 Å². The van der Waals surface area contributed by atoms with Gasteiger partial charge in [0.25, 0.3) is 0 Å². The predicted molar refractivity (Wildman–Crippen MR) is 86.1 cm³/mol. The van der Waals surface area contributed by atoms with Crippen molar-refractivity contribution >= 4 is 27.5 Å². The molecule has 0 aliphatic carbocycles. The van der Waals surface area contributed by atoms with E-state index in [2.05, 4.69) is 28.2 Å². The first-order chi connectivity index (χ1) is 9.54. The van der Waals surface area contributed by atoms with Crippen LogP contribution >= 0.6 is 15.9 Å². The Bertz CT molecular complexity index is 468. The maximum Gasteiger partial charge on any atom is 0.230 e. The van der Waals surface area contributed by atoms with Crippen molar-refractivity contribution in [2.24, 2.45) is 5.92 Å². The van der Waals surface area contributed by atoms with Gasteiger partial charge >= 0.3 is 0 Å². The summed E-state index contributed by atoms with van der Waals surface area (Å²) in [5.41, 5.74) is 2.02. The van der Waals surface area contributed by atoms with Gasteiger partial charge in [-0.2, -0.15) is 0 Å². The van der Waals surface area contributed by atoms with Crippen LogP contribution in [0.5, 0.6) is 0 Å². The Kier molecular flexibility index (Phi) is 5.61. The molecule has 0 radical (unpaired) electrons. The van der Waals surface area contributed by atoms with Gasteiger partial charge in [-0.1, -0.05) is 22.9 Å². The van der Waals surface area contributed by atoms with E-state index in [9.17, 15) is 4.79 Å². The van der Waals surface area contributed by atoms with Crippen molar-refractivity contribution in [3.63, 3.8) is 0 Å². The number of anilines is 1. The number of halogens is 1. The van der Waals surface area contributed by atoms with Gasteiger partial charge in [-0.15, -0.1) is 0 Å². The lowest BCUT2D eigenvalue weighted by Gasteiger charge is -2.27. The van der Waals surface area contributed by atoms with Crippen molar-refractivity contribution in [2.45, 2.75) is 33.1 Å². The van der Waals surface area contributed by atoms with Crippen LogP contribution < -0.4 is 10.2 Å². The Morgan fingerprint density at radius 1 is 1.40 bits per heavy atom. The van der Waals surface area contributed by atoms with Crippen LogP contribution in [0, 0.1) is 12.8 Å². The summed E-state index contributed by atoms with van der Waals surface area (Å²) in [5.74, 6) is 0.983. The highest BCUT2D eigenvalue weighted by Gasteiger charge is 2.19. The molecule has 0 unspecified atom stereocenters. The van der Waals surface area contributed by atoms with Crippen molar-refractivity contribution in [2.75, 3.05) is 25.0 Å². The minimum atomic E-state index is 0.123. The minimum Gasteiger partial charge on any atom is -0.334 e. The number of amides is 1. The van der Waals surface area contributed by atoms with Crippen molar-refractivity contribution < 1.29 is 9.69 Å². The van der Waals surface area contributed by atoms with Gasteiger partial charge in [0, 0.05) is 10.2 Å². The first-order valence-electron chi connectivity index (χ1n) is 7.44. The van der Waals surface area contributed by atoms with Crippen LogP contribution in [-0.4, -0.2) is 25.5 Å². The van der Waals surface area contributed by atoms with Gasteiger partial charge in [0.1, 0.15) is 0 Å². The lowest BCUT2D eigenvalue weighted by molar-refractivity contribution is -0.905. The molecule has 3 nitrogen and oxygen atoms in total. The van der Waals surface area contributed by atoms with Crippen molar-refractivity contribution in [1.82, 2.24) is 0 Å². The van der Waals surface area contributed by atoms with Crippen molar-refractivity contribution in [3.8, 4) is 0 Å². The fourth-order valence-corrected chi connectivity index (χ4v) is 2.90. The molecule has 1 aliphatic rings. The lowest BCUT2D eigenvalue weighted by Crippen LogP contribution is -3.13. The topological polar surface area (TPSA) is 33.5 Å². The first kappa shape index (κ1) is 15.5. The normalized spacial score (nSPS) is 22.6. The standard InChI is InChI=1S/C16H23BrN2O/c1-12-5-8-19(9-6-12)10-7-16(20)18-14-3-4-15(17)13(2)11-14/h3-4,11-12H,5-10H2,1-2H3,(H,18,20)/p+1. The molecule has 1 amide bonds. The fourth-order valence-electron chi connectivity index (χ4n) is 2.66. The molecule has 110 valence electrons. The molecule has 1 aromatic carbocycles. The Hall–Kier alpha value is -0.870. The number of likely N-dealkylation sites (tertiary alicyclic amines) is 1. The first-order valence-corrected chi connectivity index (χ1v) is 8.23. The van der Waals surface area contributed by atoms with E-state index >= 15 is 0 Å². The van der Waals surface area contributed by atoms with E-state index in [0.29, 0.717) is 6.42 Å². The van der Waals surface area contributed by atoms with Crippen LogP contribution in [0.3, 0.4) is 0 Å². The zero-order valence-electron chi connectivity index (χ0n) is 12.3. The van der Waals surface area contributed by atoms with Gasteiger partial charge in [-0.25, -0.2) is 0 Å². The summed E-state index contributed by atoms with van der Waals surface area (Å²) >= 11 is 3.47. The molecule has 0 aromatic heterocycles. The zero-order valence-corrected chi connectivity index (χ0v) is 13.9. The molecule has 2 N–H and O–H groups in total. The highest BCUT2D eigenvalue weighted by molar-refractivity contribution is 9.10. The second kappa shape index (κ2) is 7.23. The molecule has 2 rings (SSSR count). The molecule has 20 heavy (non-hydrogen) atoms. The molecule has 1 saturated heterocycles. The third-order valence-electron chi connectivity index (χ3n) is 4.13. The second-order valence-electron chi connectivity index (χ2n) is 5.94. The zero-order chi connectivity index (χ0) is 14.5. The molecular formula is C16H24BrN2O+. The smallest absolute Gasteiger partial charge is 0.230 e. The highest BCUT2D eigenvalue weighted by Crippen LogP contribution is 2.19. The summed E-state index contributed by atoms with van der Waals surface area (Å²) in [6.07, 6.45) is 3.20. The molecule has 1 aliphatic heterocycles. The van der Waals surface area contributed by atoms with Gasteiger partial charge in [0.2, 0.25) is 5.91 Å². The Balaban J connectivity index is 1.76. The number of quaternary nitrogens is 1. The molecule has 0 spiro atoms. The predicted octanol–water partition coefficient (Wildman–Crippen LogP) is 2.40. The van der Waals surface area contributed by atoms with Crippen LogP contribution in [0.2, 0.25) is 0 Å². The number of piperidine rings is 1. The SMILES string of the molecule is Cc1cc(NC(=O)CC[NH+]2CCC(C)CC2)ccc1Br. The van der Waals surface area contributed by atoms with Crippen LogP contribution in [0.4, 0.5) is 5.69 Å². The third-order valence-corrected chi connectivity index (χ3v) is 5.02. The molecule has 0 atom stereocenters. The number of rotatable bonds is 4. The average molecular weight is 340 g/mol. The molecular weight excluding hydrogens is 316 g/mol. The van der Waals surface area contributed by atoms with E-state index in [1.54, 1.807) is 4.90 Å². The van der Waals surface area contributed by atoms with E-state index in [1.807, 2.05) is 25.1 Å². The Morgan fingerprint density at radius 2 is 2.10 bits per heavy atom. The van der Waals surface area contributed by atoms with E-state index in [4.69, 9.17) is 0 Å². The Labute approximate surface area is 129 Å². The third kappa shape index (κ3) is 4.60. The maximum absolute atomic E-state index is 12.0. The summed E-state index contributed by atoms with van der Waals surface area (Å²) < 4.78 is 1.07. The molecule has 1 aromatic rings. The monoisotopic (exact) mass is 339 g/mol. The number of hydrogen-bond donors (Lipinski definition) is 2. The lowest BCUT2D eigenvalue weighted by atomic mass is 9.99. The summed E-state index contributed by atoms with van der Waals surface area (Å²) in [4.78, 5) is 13.6. The number of nitrogens with one attached hydrogen (secondary N) is 2. The average Bonchev–Trinajstić information content (AvgIpc) is 2.42.